The smallest absolute Gasteiger partial charge is 0.339 e. The Hall–Kier alpha value is -2.34. The van der Waals surface area contributed by atoms with Crippen LogP contribution in [-0.4, -0.2) is 30.7 Å². The van der Waals surface area contributed by atoms with Gasteiger partial charge < -0.3 is 9.15 Å². The Morgan fingerprint density at radius 3 is 2.71 bits per heavy atom. The van der Waals surface area contributed by atoms with Crippen LogP contribution < -0.4 is 10.4 Å². The van der Waals surface area contributed by atoms with Gasteiger partial charge in [0.05, 0.1) is 12.0 Å². The summed E-state index contributed by atoms with van der Waals surface area (Å²) in [6.07, 6.45) is 1.90. The standard InChI is InChI=1S/C18H21NO5/c1-11-8-14(22-10-16(20)19-6-4-5-7-23-19)17-12(2)13(3)18(21)24-15(17)9-11/h8-9H,4-7,10H2,1-3H3. The number of hydrogen-bond acceptors (Lipinski definition) is 5. The predicted octanol–water partition coefficient (Wildman–Crippen LogP) is 2.65. The second kappa shape index (κ2) is 6.65. The van der Waals surface area contributed by atoms with Gasteiger partial charge in [-0.25, -0.2) is 9.86 Å². The maximum Gasteiger partial charge on any atom is 0.339 e. The minimum absolute atomic E-state index is 0.115. The summed E-state index contributed by atoms with van der Waals surface area (Å²) in [6, 6.07) is 3.64. The van der Waals surface area contributed by atoms with Crippen LogP contribution in [0.25, 0.3) is 11.0 Å². The van der Waals surface area contributed by atoms with E-state index in [0.29, 0.717) is 30.0 Å². The Bertz CT molecular complexity index is 833. The molecule has 6 heteroatoms. The minimum Gasteiger partial charge on any atom is -0.483 e. The van der Waals surface area contributed by atoms with Crippen molar-refractivity contribution in [1.82, 2.24) is 5.06 Å². The Morgan fingerprint density at radius 1 is 1.21 bits per heavy atom. The zero-order valence-electron chi connectivity index (χ0n) is 14.2. The van der Waals surface area contributed by atoms with Crippen LogP contribution in [0.15, 0.2) is 21.3 Å². The van der Waals surface area contributed by atoms with Gasteiger partial charge >= 0.3 is 5.63 Å². The molecule has 0 N–H and O–H groups in total. The molecule has 0 spiro atoms. The summed E-state index contributed by atoms with van der Waals surface area (Å²) in [5.74, 6) is 0.329. The quantitative estimate of drug-likeness (QED) is 0.809. The summed E-state index contributed by atoms with van der Waals surface area (Å²) in [4.78, 5) is 29.4. The third-order valence-corrected chi connectivity index (χ3v) is 4.29. The van der Waals surface area contributed by atoms with E-state index < -0.39 is 0 Å². The van der Waals surface area contributed by atoms with Gasteiger partial charge in [0.2, 0.25) is 0 Å². The normalized spacial score (nSPS) is 14.9. The Morgan fingerprint density at radius 2 is 2.00 bits per heavy atom. The van der Waals surface area contributed by atoms with Crippen LogP contribution in [0.3, 0.4) is 0 Å². The van der Waals surface area contributed by atoms with Gasteiger partial charge in [0.25, 0.3) is 5.91 Å². The molecule has 128 valence electrons. The van der Waals surface area contributed by atoms with Crippen molar-refractivity contribution in [3.8, 4) is 5.75 Å². The van der Waals surface area contributed by atoms with Crippen LogP contribution in [0.2, 0.25) is 0 Å². The molecule has 1 aliphatic heterocycles. The van der Waals surface area contributed by atoms with Crippen LogP contribution >= 0.6 is 0 Å². The molecule has 24 heavy (non-hydrogen) atoms. The molecule has 0 unspecified atom stereocenters. The maximum atomic E-state index is 12.2. The number of rotatable bonds is 3. The van der Waals surface area contributed by atoms with Crippen molar-refractivity contribution in [2.24, 2.45) is 0 Å². The van der Waals surface area contributed by atoms with E-state index in [0.717, 1.165) is 29.4 Å². The van der Waals surface area contributed by atoms with Gasteiger partial charge in [-0.05, 0) is 56.9 Å². The molecule has 0 bridgehead atoms. The average molecular weight is 331 g/mol. The molecule has 2 heterocycles. The average Bonchev–Trinajstić information content (AvgIpc) is 2.57. The van der Waals surface area contributed by atoms with Gasteiger partial charge in [-0.2, -0.15) is 0 Å². The molecule has 1 amide bonds. The van der Waals surface area contributed by atoms with Crippen molar-refractivity contribution in [1.29, 1.82) is 0 Å². The predicted molar refractivity (Wildman–Crippen MR) is 89.1 cm³/mol. The number of carbonyl (C=O) groups is 1. The molecule has 0 aliphatic carbocycles. The third-order valence-electron chi connectivity index (χ3n) is 4.29. The maximum absolute atomic E-state index is 12.2. The molecule has 2 aromatic rings. The molecule has 1 aliphatic rings. The second-order valence-electron chi connectivity index (χ2n) is 6.10. The van der Waals surface area contributed by atoms with Crippen LogP contribution in [0.4, 0.5) is 0 Å². The number of carbonyl (C=O) groups excluding carboxylic acids is 1. The van der Waals surface area contributed by atoms with Crippen molar-refractivity contribution in [2.45, 2.75) is 33.6 Å². The molecular formula is C18H21NO5. The number of ether oxygens (including phenoxy) is 1. The van der Waals surface area contributed by atoms with E-state index in [1.807, 2.05) is 19.9 Å². The Balaban J connectivity index is 1.90. The van der Waals surface area contributed by atoms with E-state index in [4.69, 9.17) is 14.0 Å². The van der Waals surface area contributed by atoms with E-state index in [1.54, 1.807) is 13.0 Å². The van der Waals surface area contributed by atoms with Gasteiger partial charge in [0, 0.05) is 12.1 Å². The van der Waals surface area contributed by atoms with E-state index >= 15 is 0 Å². The fraction of sp³-hybridized carbons (Fsp3) is 0.444. The van der Waals surface area contributed by atoms with Crippen LogP contribution in [0.5, 0.6) is 5.75 Å². The highest BCUT2D eigenvalue weighted by atomic mass is 16.7. The molecule has 1 aromatic carbocycles. The van der Waals surface area contributed by atoms with E-state index in [9.17, 15) is 9.59 Å². The zero-order chi connectivity index (χ0) is 17.3. The SMILES string of the molecule is Cc1cc(OCC(=O)N2CCCCO2)c2c(C)c(C)c(=O)oc2c1. The summed E-state index contributed by atoms with van der Waals surface area (Å²) >= 11 is 0. The Labute approximate surface area is 139 Å². The summed E-state index contributed by atoms with van der Waals surface area (Å²) in [7, 11) is 0. The van der Waals surface area contributed by atoms with E-state index in [-0.39, 0.29) is 18.1 Å². The van der Waals surface area contributed by atoms with Crippen molar-refractivity contribution in [3.63, 3.8) is 0 Å². The first-order valence-corrected chi connectivity index (χ1v) is 8.08. The highest BCUT2D eigenvalue weighted by Crippen LogP contribution is 2.30. The molecule has 6 nitrogen and oxygen atoms in total. The molecule has 1 aromatic heterocycles. The molecule has 0 atom stereocenters. The zero-order valence-corrected chi connectivity index (χ0v) is 14.2. The summed E-state index contributed by atoms with van der Waals surface area (Å²) in [5, 5.41) is 2.09. The summed E-state index contributed by atoms with van der Waals surface area (Å²) < 4.78 is 11.1. The number of benzene rings is 1. The fourth-order valence-electron chi connectivity index (χ4n) is 2.81. The minimum atomic E-state index is -0.352. The number of nitrogens with zero attached hydrogens (tertiary/aromatic N) is 1. The van der Waals surface area contributed by atoms with Crippen LogP contribution in [0, 0.1) is 20.8 Å². The Kier molecular flexibility index (Phi) is 4.57. The molecule has 1 saturated heterocycles. The van der Waals surface area contributed by atoms with Crippen LogP contribution in [0.1, 0.15) is 29.5 Å². The van der Waals surface area contributed by atoms with Gasteiger partial charge in [-0.1, -0.05) is 0 Å². The number of hydrogen-bond donors (Lipinski definition) is 0. The molecular weight excluding hydrogens is 310 g/mol. The van der Waals surface area contributed by atoms with Gasteiger partial charge in [-0.15, -0.1) is 0 Å². The lowest BCUT2D eigenvalue weighted by atomic mass is 10.0. The van der Waals surface area contributed by atoms with Crippen molar-refractivity contribution in [3.05, 3.63) is 39.2 Å². The second-order valence-corrected chi connectivity index (χ2v) is 6.10. The highest BCUT2D eigenvalue weighted by molar-refractivity contribution is 5.88. The summed E-state index contributed by atoms with van der Waals surface area (Å²) in [6.45, 7) is 6.49. The highest BCUT2D eigenvalue weighted by Gasteiger charge is 2.19. The lowest BCUT2D eigenvalue weighted by molar-refractivity contribution is -0.198. The van der Waals surface area contributed by atoms with E-state index in [2.05, 4.69) is 0 Å². The van der Waals surface area contributed by atoms with Gasteiger partial charge in [0.15, 0.2) is 6.61 Å². The first-order chi connectivity index (χ1) is 11.5. The summed E-state index contributed by atoms with van der Waals surface area (Å²) in [5.41, 5.74) is 2.36. The number of fused-ring (bicyclic) bond motifs is 1. The first-order valence-electron chi connectivity index (χ1n) is 8.08. The number of amides is 1. The topological polar surface area (TPSA) is 69.0 Å². The molecule has 1 fully saturated rings. The molecule has 0 saturated carbocycles. The first kappa shape index (κ1) is 16.5. The molecule has 3 rings (SSSR count). The van der Waals surface area contributed by atoms with Gasteiger partial charge in [0.1, 0.15) is 11.3 Å². The largest absolute Gasteiger partial charge is 0.483 e. The third kappa shape index (κ3) is 3.14. The lowest BCUT2D eigenvalue weighted by Crippen LogP contribution is -2.38. The van der Waals surface area contributed by atoms with Crippen LogP contribution in [-0.2, 0) is 9.63 Å². The lowest BCUT2D eigenvalue weighted by Gasteiger charge is -2.25. The van der Waals surface area contributed by atoms with Crippen molar-refractivity contribution < 1.29 is 18.8 Å². The van der Waals surface area contributed by atoms with Crippen molar-refractivity contribution >= 4 is 16.9 Å². The molecule has 0 radical (unpaired) electrons. The monoisotopic (exact) mass is 331 g/mol. The number of hydroxylamine groups is 2. The van der Waals surface area contributed by atoms with Crippen molar-refractivity contribution in [2.75, 3.05) is 19.8 Å². The van der Waals surface area contributed by atoms with E-state index in [1.165, 1.54) is 5.06 Å². The fourth-order valence-corrected chi connectivity index (χ4v) is 2.81. The van der Waals surface area contributed by atoms with Gasteiger partial charge in [-0.3, -0.25) is 9.63 Å². The number of aryl methyl sites for hydroxylation is 2.